The van der Waals surface area contributed by atoms with Gasteiger partial charge in [-0.25, -0.2) is 0 Å². The van der Waals surface area contributed by atoms with Crippen LogP contribution < -0.4 is 0 Å². The molecule has 0 aromatic rings. The van der Waals surface area contributed by atoms with E-state index in [4.69, 9.17) is 14.2 Å². The minimum atomic E-state index is -1.16. The number of aliphatic hydroxyl groups excluding tert-OH is 2. The minimum Gasteiger partial charge on any atom is -0.460 e. The topological polar surface area (TPSA) is 123 Å². The first kappa shape index (κ1) is 29.2. The van der Waals surface area contributed by atoms with E-state index in [9.17, 15) is 24.9 Å². The quantitative estimate of drug-likeness (QED) is 0.443. The summed E-state index contributed by atoms with van der Waals surface area (Å²) in [5, 5.41) is 33.5. The van der Waals surface area contributed by atoms with E-state index in [1.54, 1.807) is 6.08 Å². The number of hydrogen-bond acceptors (Lipinski definition) is 8. The Morgan fingerprint density at radius 2 is 1.82 bits per heavy atom. The largest absolute Gasteiger partial charge is 0.460 e. The Morgan fingerprint density at radius 1 is 1.13 bits per heavy atom. The first-order valence-corrected chi connectivity index (χ1v) is 14.8. The molecule has 0 bridgehead atoms. The van der Waals surface area contributed by atoms with Crippen molar-refractivity contribution in [3.63, 3.8) is 0 Å². The lowest BCUT2D eigenvalue weighted by Gasteiger charge is -2.60. The molecule has 0 spiro atoms. The molecule has 8 nitrogen and oxygen atoms in total. The molecule has 5 aliphatic rings. The normalized spacial score (nSPS) is 49.6. The molecular weight excluding hydrogens is 500 g/mol. The molecule has 39 heavy (non-hydrogen) atoms. The van der Waals surface area contributed by atoms with Gasteiger partial charge in [0.25, 0.3) is 0 Å². The van der Waals surface area contributed by atoms with Crippen LogP contribution in [-0.2, 0) is 23.8 Å². The zero-order chi connectivity index (χ0) is 28.8. The van der Waals surface area contributed by atoms with Crippen molar-refractivity contribution >= 4 is 11.8 Å². The van der Waals surface area contributed by atoms with Gasteiger partial charge >= 0.3 is 5.97 Å². The molecule has 1 aliphatic heterocycles. The van der Waals surface area contributed by atoms with E-state index in [0.29, 0.717) is 25.7 Å². The average molecular weight is 549 g/mol. The molecule has 4 fully saturated rings. The lowest BCUT2D eigenvalue weighted by molar-refractivity contribution is -0.166. The van der Waals surface area contributed by atoms with Crippen LogP contribution >= 0.6 is 0 Å². The summed E-state index contributed by atoms with van der Waals surface area (Å²) in [5.41, 5.74) is -2.66. The Balaban J connectivity index is 1.45. The third kappa shape index (κ3) is 4.35. The number of carbonyl (C=O) groups excluding carboxylic acids is 2. The fraction of sp³-hybridized carbons (Fsp3) is 0.871. The first-order valence-electron chi connectivity index (χ1n) is 14.8. The molecule has 3 N–H and O–H groups in total. The minimum absolute atomic E-state index is 0.0111. The summed E-state index contributed by atoms with van der Waals surface area (Å²) < 4.78 is 18.4. The van der Waals surface area contributed by atoms with E-state index in [-0.39, 0.29) is 42.0 Å². The molecule has 1 heterocycles. The standard InChI is InChI=1S/C31H48O8/c1-17(32)38-27(3,4)11-10-26-30(7,39-18(2)37-26)25-9-13-31(36)20-14-22(33)21-15-23(34)24(35)16-28(21,5)19(20)8-12-29(25,31)6/h14,18-19,21,23-26,34-36H,8-13,15-16H2,1-7H3/t18-,19+,21+,23-,24+,25+,26-,28-,29-,30-,31-/m1/s1. The fourth-order valence-corrected chi connectivity index (χ4v) is 9.70. The molecule has 0 unspecified atom stereocenters. The lowest BCUT2D eigenvalue weighted by atomic mass is 9.45. The maximum atomic E-state index is 13.5. The Hall–Kier alpha value is -1.32. The molecule has 0 radical (unpaired) electrons. The van der Waals surface area contributed by atoms with Crippen LogP contribution in [0.5, 0.6) is 0 Å². The molecule has 8 heteroatoms. The van der Waals surface area contributed by atoms with Gasteiger partial charge < -0.3 is 29.5 Å². The number of hydrogen-bond donors (Lipinski definition) is 3. The van der Waals surface area contributed by atoms with Crippen LogP contribution in [0.25, 0.3) is 0 Å². The van der Waals surface area contributed by atoms with E-state index in [0.717, 1.165) is 24.8 Å². The summed E-state index contributed by atoms with van der Waals surface area (Å²) in [4.78, 5) is 25.1. The van der Waals surface area contributed by atoms with Crippen LogP contribution in [-0.4, -0.2) is 68.5 Å². The van der Waals surface area contributed by atoms with Gasteiger partial charge in [0.2, 0.25) is 0 Å². The van der Waals surface area contributed by atoms with Gasteiger partial charge in [0.1, 0.15) is 5.60 Å². The van der Waals surface area contributed by atoms with Gasteiger partial charge in [0.05, 0.1) is 29.5 Å². The second-order valence-electron chi connectivity index (χ2n) is 14.5. The van der Waals surface area contributed by atoms with E-state index in [1.807, 2.05) is 20.8 Å². The lowest BCUT2D eigenvalue weighted by Crippen LogP contribution is -2.62. The number of aliphatic hydroxyl groups is 3. The number of ether oxygens (including phenoxy) is 3. The second-order valence-corrected chi connectivity index (χ2v) is 14.5. The van der Waals surface area contributed by atoms with Gasteiger partial charge in [-0.05, 0) is 108 Å². The Morgan fingerprint density at radius 3 is 2.49 bits per heavy atom. The smallest absolute Gasteiger partial charge is 0.303 e. The van der Waals surface area contributed by atoms with Crippen LogP contribution in [0.15, 0.2) is 11.6 Å². The molecular formula is C31H48O8. The summed E-state index contributed by atoms with van der Waals surface area (Å²) in [6.45, 7) is 13.5. The Kier molecular flexibility index (Phi) is 6.99. The Bertz CT molecular complexity index is 1050. The second kappa shape index (κ2) is 9.35. The highest BCUT2D eigenvalue weighted by Crippen LogP contribution is 2.69. The zero-order valence-electron chi connectivity index (χ0n) is 24.7. The summed E-state index contributed by atoms with van der Waals surface area (Å²) >= 11 is 0. The summed E-state index contributed by atoms with van der Waals surface area (Å²) in [5.74, 6) is -0.725. The van der Waals surface area contributed by atoms with Crippen LogP contribution in [0.2, 0.25) is 0 Å². The van der Waals surface area contributed by atoms with Crippen LogP contribution in [0.1, 0.15) is 99.8 Å². The van der Waals surface area contributed by atoms with Crippen molar-refractivity contribution in [2.24, 2.45) is 28.6 Å². The van der Waals surface area contributed by atoms with Crippen molar-refractivity contribution in [3.05, 3.63) is 11.6 Å². The molecule has 0 amide bonds. The van der Waals surface area contributed by atoms with Crippen molar-refractivity contribution < 1.29 is 39.1 Å². The summed E-state index contributed by atoms with van der Waals surface area (Å²) in [6.07, 6.45) is 4.05. The van der Waals surface area contributed by atoms with Gasteiger partial charge in [-0.15, -0.1) is 0 Å². The fourth-order valence-electron chi connectivity index (χ4n) is 9.70. The van der Waals surface area contributed by atoms with Gasteiger partial charge in [-0.2, -0.15) is 0 Å². The molecule has 3 saturated carbocycles. The van der Waals surface area contributed by atoms with E-state index in [1.165, 1.54) is 6.92 Å². The molecule has 5 rings (SSSR count). The summed E-state index contributed by atoms with van der Waals surface area (Å²) in [6, 6.07) is 0. The van der Waals surface area contributed by atoms with Gasteiger partial charge in [-0.3, -0.25) is 9.59 Å². The molecule has 4 aliphatic carbocycles. The first-order chi connectivity index (χ1) is 18.0. The highest BCUT2D eigenvalue weighted by molar-refractivity contribution is 5.95. The maximum absolute atomic E-state index is 13.5. The highest BCUT2D eigenvalue weighted by atomic mass is 16.7. The molecule has 220 valence electrons. The third-order valence-corrected chi connectivity index (χ3v) is 11.7. The van der Waals surface area contributed by atoms with Gasteiger partial charge in [0, 0.05) is 18.3 Å². The number of allylic oxidation sites excluding steroid dienone is 1. The van der Waals surface area contributed by atoms with Crippen LogP contribution in [0, 0.1) is 28.6 Å². The van der Waals surface area contributed by atoms with Gasteiger partial charge in [0.15, 0.2) is 12.1 Å². The summed E-state index contributed by atoms with van der Waals surface area (Å²) in [7, 11) is 0. The molecule has 0 aromatic heterocycles. The number of ketones is 1. The predicted molar refractivity (Wildman–Crippen MR) is 143 cm³/mol. The molecule has 11 atom stereocenters. The van der Waals surface area contributed by atoms with E-state index < -0.39 is 46.1 Å². The highest BCUT2D eigenvalue weighted by Gasteiger charge is 2.70. The van der Waals surface area contributed by atoms with Crippen LogP contribution in [0.3, 0.4) is 0 Å². The van der Waals surface area contributed by atoms with Crippen molar-refractivity contribution in [2.75, 3.05) is 0 Å². The van der Waals surface area contributed by atoms with Crippen molar-refractivity contribution in [3.8, 4) is 0 Å². The van der Waals surface area contributed by atoms with Crippen molar-refractivity contribution in [1.82, 2.24) is 0 Å². The van der Waals surface area contributed by atoms with Crippen molar-refractivity contribution in [2.45, 2.75) is 141 Å². The predicted octanol–water partition coefficient (Wildman–Crippen LogP) is 3.83. The number of carbonyl (C=O) groups is 2. The van der Waals surface area contributed by atoms with E-state index >= 15 is 0 Å². The zero-order valence-corrected chi connectivity index (χ0v) is 24.7. The molecule has 0 aromatic carbocycles. The average Bonchev–Trinajstić information content (AvgIpc) is 3.26. The van der Waals surface area contributed by atoms with Crippen LogP contribution in [0.4, 0.5) is 0 Å². The SMILES string of the molecule is CC(=O)OC(C)(C)CC[C@H]1O[C@@H](C)O[C@]1(C)[C@H]1CC[C@@]2(O)C3=CC(=O)[C@@H]4C[C@@H](O)[C@@H](O)C[C@]4(C)[C@H]3CC[C@]12C. The maximum Gasteiger partial charge on any atom is 0.303 e. The van der Waals surface area contributed by atoms with E-state index in [2.05, 4.69) is 20.8 Å². The van der Waals surface area contributed by atoms with Gasteiger partial charge in [-0.1, -0.05) is 13.8 Å². The molecule has 1 saturated heterocycles. The Labute approximate surface area is 232 Å². The number of rotatable bonds is 5. The number of fused-ring (bicyclic) bond motifs is 5. The number of esters is 1. The third-order valence-electron chi connectivity index (χ3n) is 11.7. The monoisotopic (exact) mass is 548 g/mol. The van der Waals surface area contributed by atoms with Crippen molar-refractivity contribution in [1.29, 1.82) is 0 Å².